The molecule has 1 rings (SSSR count). The maximum absolute atomic E-state index is 11.6. The number of hydrogen-bond acceptors (Lipinski definition) is 4. The molecule has 1 aliphatic heterocycles. The normalized spacial score (nSPS) is 31.6. The molecule has 4 nitrogen and oxygen atoms in total. The second kappa shape index (κ2) is 7.11. The van der Waals surface area contributed by atoms with Gasteiger partial charge in [-0.05, 0) is 33.6 Å². The van der Waals surface area contributed by atoms with Gasteiger partial charge in [0.15, 0.2) is 0 Å². The van der Waals surface area contributed by atoms with E-state index in [9.17, 15) is 15.0 Å². The molecule has 0 aromatic carbocycles. The standard InChI is InChI=1S/C17H30O4Si/c1-7-8-9-14(22(4,5)6)13(18)10-11-17(3)15(19)12(2)16(20)21-17/h7-9,12-13,15,18-19H,10-11H2,1-6H3/b8-7+,14-9-/t12-,13?,15-,17+/m1/s1. The lowest BCUT2D eigenvalue weighted by atomic mass is 9.88. The average Bonchev–Trinajstić information content (AvgIpc) is 2.60. The topological polar surface area (TPSA) is 66.8 Å². The zero-order valence-corrected chi connectivity index (χ0v) is 15.6. The van der Waals surface area contributed by atoms with Gasteiger partial charge in [0.2, 0.25) is 0 Å². The van der Waals surface area contributed by atoms with Crippen LogP contribution >= 0.6 is 0 Å². The van der Waals surface area contributed by atoms with Gasteiger partial charge in [0, 0.05) is 0 Å². The molecule has 0 bridgehead atoms. The van der Waals surface area contributed by atoms with Gasteiger partial charge in [0.1, 0.15) is 11.7 Å². The summed E-state index contributed by atoms with van der Waals surface area (Å²) in [6.07, 6.45) is 5.43. The number of allylic oxidation sites excluding steroid dienone is 3. The Morgan fingerprint density at radius 2 is 2.05 bits per heavy atom. The highest BCUT2D eigenvalue weighted by molar-refractivity contribution is 6.83. The van der Waals surface area contributed by atoms with Crippen molar-refractivity contribution in [2.24, 2.45) is 5.92 Å². The van der Waals surface area contributed by atoms with Crippen molar-refractivity contribution in [3.05, 3.63) is 23.4 Å². The van der Waals surface area contributed by atoms with Gasteiger partial charge in [-0.25, -0.2) is 0 Å². The summed E-state index contributed by atoms with van der Waals surface area (Å²) >= 11 is 0. The van der Waals surface area contributed by atoms with Crippen LogP contribution < -0.4 is 0 Å². The summed E-state index contributed by atoms with van der Waals surface area (Å²) in [6.45, 7) is 11.9. The lowest BCUT2D eigenvalue weighted by Crippen LogP contribution is -2.40. The van der Waals surface area contributed by atoms with E-state index in [0.717, 1.165) is 5.20 Å². The minimum Gasteiger partial charge on any atom is -0.456 e. The Kier molecular flexibility index (Phi) is 6.18. The number of rotatable bonds is 6. The first-order valence-corrected chi connectivity index (χ1v) is 11.4. The summed E-state index contributed by atoms with van der Waals surface area (Å²) in [5.41, 5.74) is -0.900. The molecule has 0 aromatic rings. The first kappa shape index (κ1) is 19.1. The van der Waals surface area contributed by atoms with E-state index in [1.807, 2.05) is 25.2 Å². The minimum absolute atomic E-state index is 0.362. The third-order valence-electron chi connectivity index (χ3n) is 4.41. The second-order valence-electron chi connectivity index (χ2n) is 7.42. The van der Waals surface area contributed by atoms with Gasteiger partial charge in [-0.15, -0.1) is 0 Å². The van der Waals surface area contributed by atoms with Crippen molar-refractivity contribution in [3.8, 4) is 0 Å². The van der Waals surface area contributed by atoms with Crippen LogP contribution in [0.2, 0.25) is 19.6 Å². The maximum Gasteiger partial charge on any atom is 0.312 e. The Balaban J connectivity index is 2.80. The van der Waals surface area contributed by atoms with Crippen LogP contribution in [0.25, 0.3) is 0 Å². The van der Waals surface area contributed by atoms with Gasteiger partial charge in [0.25, 0.3) is 0 Å². The number of carbonyl (C=O) groups is 1. The third-order valence-corrected chi connectivity index (χ3v) is 6.64. The van der Waals surface area contributed by atoms with E-state index >= 15 is 0 Å². The Morgan fingerprint density at radius 1 is 1.45 bits per heavy atom. The fourth-order valence-corrected chi connectivity index (χ4v) is 4.62. The van der Waals surface area contributed by atoms with Crippen molar-refractivity contribution >= 4 is 14.0 Å². The summed E-state index contributed by atoms with van der Waals surface area (Å²) in [7, 11) is -1.64. The predicted octanol–water partition coefficient (Wildman–Crippen LogP) is 2.82. The van der Waals surface area contributed by atoms with Crippen molar-refractivity contribution in [2.45, 2.75) is 71.1 Å². The van der Waals surface area contributed by atoms with Gasteiger partial charge in [0.05, 0.1) is 20.1 Å². The van der Waals surface area contributed by atoms with Crippen molar-refractivity contribution < 1.29 is 19.7 Å². The lowest BCUT2D eigenvalue weighted by Gasteiger charge is -2.30. The fraction of sp³-hybridized carbons (Fsp3) is 0.706. The quantitative estimate of drug-likeness (QED) is 0.447. The molecule has 4 atom stereocenters. The molecule has 0 spiro atoms. The van der Waals surface area contributed by atoms with Crippen LogP contribution in [-0.4, -0.2) is 42.1 Å². The summed E-state index contributed by atoms with van der Waals surface area (Å²) in [4.78, 5) is 11.6. The Morgan fingerprint density at radius 3 is 2.45 bits per heavy atom. The van der Waals surface area contributed by atoms with Crippen LogP contribution in [-0.2, 0) is 9.53 Å². The van der Waals surface area contributed by atoms with E-state index in [1.165, 1.54) is 0 Å². The van der Waals surface area contributed by atoms with E-state index in [4.69, 9.17) is 4.74 Å². The molecule has 1 heterocycles. The molecule has 1 unspecified atom stereocenters. The number of hydrogen-bond donors (Lipinski definition) is 2. The molecular formula is C17H30O4Si. The molecule has 1 fully saturated rings. The fourth-order valence-electron chi connectivity index (χ4n) is 2.88. The van der Waals surface area contributed by atoms with Crippen molar-refractivity contribution in [1.29, 1.82) is 0 Å². The molecule has 0 radical (unpaired) electrons. The van der Waals surface area contributed by atoms with Gasteiger partial charge in [-0.3, -0.25) is 4.79 Å². The van der Waals surface area contributed by atoms with Crippen molar-refractivity contribution in [3.63, 3.8) is 0 Å². The lowest BCUT2D eigenvalue weighted by molar-refractivity contribution is -0.151. The van der Waals surface area contributed by atoms with E-state index in [0.29, 0.717) is 12.8 Å². The number of aliphatic hydroxyl groups excluding tert-OH is 2. The Labute approximate surface area is 134 Å². The summed E-state index contributed by atoms with van der Waals surface area (Å²) in [6, 6.07) is 0. The average molecular weight is 327 g/mol. The summed E-state index contributed by atoms with van der Waals surface area (Å²) < 4.78 is 5.35. The van der Waals surface area contributed by atoms with E-state index in [1.54, 1.807) is 13.8 Å². The minimum atomic E-state index is -1.64. The number of carbonyl (C=O) groups excluding carboxylic acids is 1. The molecule has 5 heteroatoms. The second-order valence-corrected chi connectivity index (χ2v) is 12.5. The Hall–Kier alpha value is -0.913. The molecule has 2 N–H and O–H groups in total. The SMILES string of the molecule is C/C=C/C=C(/C(O)CC[C@]1(C)OC(=O)[C@H](C)[C@H]1O)[Si](C)(C)C. The summed E-state index contributed by atoms with van der Waals surface area (Å²) in [5, 5.41) is 21.8. The first-order chi connectivity index (χ1) is 10.0. The van der Waals surface area contributed by atoms with E-state index in [2.05, 4.69) is 19.6 Å². The maximum atomic E-state index is 11.6. The number of aliphatic hydroxyl groups is 2. The molecule has 1 aliphatic rings. The molecule has 126 valence electrons. The van der Waals surface area contributed by atoms with Crippen LogP contribution in [0.3, 0.4) is 0 Å². The Bertz CT molecular complexity index is 464. The highest BCUT2D eigenvalue weighted by Crippen LogP contribution is 2.36. The summed E-state index contributed by atoms with van der Waals surface area (Å²) in [5.74, 6) is -0.864. The van der Waals surface area contributed by atoms with Gasteiger partial charge in [-0.2, -0.15) is 0 Å². The van der Waals surface area contributed by atoms with Gasteiger partial charge < -0.3 is 14.9 Å². The molecule has 0 saturated carbocycles. The highest BCUT2D eigenvalue weighted by Gasteiger charge is 2.49. The van der Waals surface area contributed by atoms with Gasteiger partial charge in [-0.1, -0.05) is 43.1 Å². The van der Waals surface area contributed by atoms with E-state index in [-0.39, 0.29) is 5.97 Å². The number of cyclic esters (lactones) is 1. The zero-order valence-electron chi connectivity index (χ0n) is 14.6. The zero-order chi connectivity index (χ0) is 17.1. The van der Waals surface area contributed by atoms with Gasteiger partial charge >= 0.3 is 5.97 Å². The molecule has 0 aromatic heterocycles. The van der Waals surface area contributed by atoms with Crippen molar-refractivity contribution in [2.75, 3.05) is 0 Å². The van der Waals surface area contributed by atoms with Crippen LogP contribution in [0.1, 0.15) is 33.6 Å². The van der Waals surface area contributed by atoms with Crippen LogP contribution in [0.15, 0.2) is 23.4 Å². The number of ether oxygens (including phenoxy) is 1. The number of esters is 1. The first-order valence-electron chi connectivity index (χ1n) is 7.95. The monoisotopic (exact) mass is 326 g/mol. The molecule has 0 aliphatic carbocycles. The smallest absolute Gasteiger partial charge is 0.312 e. The van der Waals surface area contributed by atoms with Crippen LogP contribution in [0, 0.1) is 5.92 Å². The highest BCUT2D eigenvalue weighted by atomic mass is 28.3. The van der Waals surface area contributed by atoms with Crippen molar-refractivity contribution in [1.82, 2.24) is 0 Å². The molecular weight excluding hydrogens is 296 g/mol. The largest absolute Gasteiger partial charge is 0.456 e. The third kappa shape index (κ3) is 4.30. The molecule has 0 amide bonds. The molecule has 1 saturated heterocycles. The van der Waals surface area contributed by atoms with E-state index < -0.39 is 31.8 Å². The molecule has 22 heavy (non-hydrogen) atoms. The van der Waals surface area contributed by atoms with Crippen LogP contribution in [0.4, 0.5) is 0 Å². The predicted molar refractivity (Wildman–Crippen MR) is 91.2 cm³/mol. The van der Waals surface area contributed by atoms with Crippen LogP contribution in [0.5, 0.6) is 0 Å².